The number of nitrogens with one attached hydrogen (secondary N) is 3. The number of hydrogen-bond acceptors (Lipinski definition) is 3. The second kappa shape index (κ2) is 5.55. The standard InChI is InChI=1S/C9H17N3O3/c1-6(11-9(14)15)8(13)12-7-2-4-10-5-3-7/h6-7,10-11H,2-5H2,1H3,(H,12,13)(H,14,15)/t6-/m0/s1. The summed E-state index contributed by atoms with van der Waals surface area (Å²) >= 11 is 0. The molecule has 1 fully saturated rings. The Balaban J connectivity index is 2.30. The molecule has 1 saturated heterocycles. The zero-order valence-corrected chi connectivity index (χ0v) is 8.75. The van der Waals surface area contributed by atoms with Gasteiger partial charge in [-0.1, -0.05) is 0 Å². The summed E-state index contributed by atoms with van der Waals surface area (Å²) in [6.45, 7) is 3.32. The van der Waals surface area contributed by atoms with Gasteiger partial charge in [0.05, 0.1) is 0 Å². The highest BCUT2D eigenvalue weighted by Gasteiger charge is 2.20. The molecular weight excluding hydrogens is 198 g/mol. The summed E-state index contributed by atoms with van der Waals surface area (Å²) in [5.74, 6) is -0.260. The maximum atomic E-state index is 11.5. The van der Waals surface area contributed by atoms with Crippen molar-refractivity contribution in [2.75, 3.05) is 13.1 Å². The van der Waals surface area contributed by atoms with Crippen molar-refractivity contribution in [3.8, 4) is 0 Å². The molecule has 6 heteroatoms. The highest BCUT2D eigenvalue weighted by Crippen LogP contribution is 2.02. The topological polar surface area (TPSA) is 90.5 Å². The van der Waals surface area contributed by atoms with E-state index in [4.69, 9.17) is 5.11 Å². The van der Waals surface area contributed by atoms with E-state index < -0.39 is 12.1 Å². The number of carbonyl (C=O) groups excluding carboxylic acids is 1. The first-order chi connectivity index (χ1) is 7.09. The Morgan fingerprint density at radius 3 is 2.53 bits per heavy atom. The molecule has 2 amide bonds. The van der Waals surface area contributed by atoms with Gasteiger partial charge in [-0.2, -0.15) is 0 Å². The molecule has 0 aromatic carbocycles. The van der Waals surface area contributed by atoms with Gasteiger partial charge in [-0.15, -0.1) is 0 Å². The average molecular weight is 215 g/mol. The Morgan fingerprint density at radius 1 is 1.40 bits per heavy atom. The van der Waals surface area contributed by atoms with Gasteiger partial charge >= 0.3 is 6.09 Å². The Kier molecular flexibility index (Phi) is 4.36. The lowest BCUT2D eigenvalue weighted by Crippen LogP contribution is -2.50. The van der Waals surface area contributed by atoms with E-state index >= 15 is 0 Å². The van der Waals surface area contributed by atoms with Crippen molar-refractivity contribution in [2.24, 2.45) is 0 Å². The molecule has 1 atom stereocenters. The largest absolute Gasteiger partial charge is 0.465 e. The maximum absolute atomic E-state index is 11.5. The van der Waals surface area contributed by atoms with E-state index in [0.717, 1.165) is 25.9 Å². The number of amides is 2. The van der Waals surface area contributed by atoms with Crippen molar-refractivity contribution in [3.05, 3.63) is 0 Å². The molecule has 0 radical (unpaired) electrons. The lowest BCUT2D eigenvalue weighted by atomic mass is 10.1. The van der Waals surface area contributed by atoms with Crippen molar-refractivity contribution < 1.29 is 14.7 Å². The molecular formula is C9H17N3O3. The van der Waals surface area contributed by atoms with Gasteiger partial charge in [0, 0.05) is 6.04 Å². The van der Waals surface area contributed by atoms with Crippen LogP contribution in [0.25, 0.3) is 0 Å². The Morgan fingerprint density at radius 2 is 2.00 bits per heavy atom. The maximum Gasteiger partial charge on any atom is 0.405 e. The van der Waals surface area contributed by atoms with Crippen LogP contribution in [0, 0.1) is 0 Å². The first-order valence-corrected chi connectivity index (χ1v) is 5.10. The molecule has 1 rings (SSSR count). The van der Waals surface area contributed by atoms with Gasteiger partial charge in [-0.25, -0.2) is 4.79 Å². The fourth-order valence-electron chi connectivity index (χ4n) is 1.54. The lowest BCUT2D eigenvalue weighted by molar-refractivity contribution is -0.123. The number of carbonyl (C=O) groups is 2. The monoisotopic (exact) mass is 215 g/mol. The van der Waals surface area contributed by atoms with Crippen molar-refractivity contribution in [1.82, 2.24) is 16.0 Å². The van der Waals surface area contributed by atoms with Crippen LogP contribution in [0.4, 0.5) is 4.79 Å². The smallest absolute Gasteiger partial charge is 0.405 e. The molecule has 1 heterocycles. The highest BCUT2D eigenvalue weighted by atomic mass is 16.4. The Labute approximate surface area is 88.4 Å². The fraction of sp³-hybridized carbons (Fsp3) is 0.778. The van der Waals surface area contributed by atoms with Crippen molar-refractivity contribution >= 4 is 12.0 Å². The molecule has 15 heavy (non-hydrogen) atoms. The summed E-state index contributed by atoms with van der Waals surface area (Å²) < 4.78 is 0. The van der Waals surface area contributed by atoms with E-state index in [2.05, 4.69) is 16.0 Å². The molecule has 4 N–H and O–H groups in total. The summed E-state index contributed by atoms with van der Waals surface area (Å²) in [7, 11) is 0. The normalized spacial score (nSPS) is 19.3. The molecule has 1 aliphatic heterocycles. The third kappa shape index (κ3) is 4.16. The molecule has 86 valence electrons. The second-order valence-corrected chi connectivity index (χ2v) is 3.70. The molecule has 6 nitrogen and oxygen atoms in total. The fourth-order valence-corrected chi connectivity index (χ4v) is 1.54. The minimum atomic E-state index is -1.18. The van der Waals surface area contributed by atoms with Crippen molar-refractivity contribution in [2.45, 2.75) is 31.8 Å². The second-order valence-electron chi connectivity index (χ2n) is 3.70. The predicted molar refractivity (Wildman–Crippen MR) is 54.7 cm³/mol. The van der Waals surface area contributed by atoms with Crippen molar-refractivity contribution in [3.63, 3.8) is 0 Å². The van der Waals surface area contributed by atoms with Gasteiger partial charge in [0.1, 0.15) is 6.04 Å². The minimum Gasteiger partial charge on any atom is -0.465 e. The molecule has 1 aliphatic rings. The van der Waals surface area contributed by atoms with Crippen LogP contribution in [-0.4, -0.2) is 42.3 Å². The van der Waals surface area contributed by atoms with E-state index in [9.17, 15) is 9.59 Å². The van der Waals surface area contributed by atoms with Crippen LogP contribution in [0.1, 0.15) is 19.8 Å². The van der Waals surface area contributed by atoms with Crippen LogP contribution < -0.4 is 16.0 Å². The SMILES string of the molecule is C[C@H](NC(=O)O)C(=O)NC1CCNCC1. The van der Waals surface area contributed by atoms with E-state index in [0.29, 0.717) is 0 Å². The molecule has 0 aromatic rings. The van der Waals surface area contributed by atoms with Gasteiger partial charge in [-0.3, -0.25) is 4.79 Å². The van der Waals surface area contributed by atoms with Crippen LogP contribution in [0.3, 0.4) is 0 Å². The van der Waals surface area contributed by atoms with E-state index in [-0.39, 0.29) is 11.9 Å². The van der Waals surface area contributed by atoms with Crippen LogP contribution in [0.5, 0.6) is 0 Å². The first-order valence-electron chi connectivity index (χ1n) is 5.10. The molecule has 0 unspecified atom stereocenters. The summed E-state index contributed by atoms with van der Waals surface area (Å²) in [5.41, 5.74) is 0. The molecule has 0 spiro atoms. The van der Waals surface area contributed by atoms with Gasteiger partial charge in [-0.05, 0) is 32.9 Å². The quantitative estimate of drug-likeness (QED) is 0.511. The first kappa shape index (κ1) is 11.8. The summed E-state index contributed by atoms with van der Waals surface area (Å²) in [6, 6.07) is -0.533. The minimum absolute atomic E-state index is 0.164. The van der Waals surface area contributed by atoms with Gasteiger partial charge < -0.3 is 21.1 Å². The molecule has 0 saturated carbocycles. The van der Waals surface area contributed by atoms with Crippen LogP contribution in [-0.2, 0) is 4.79 Å². The van der Waals surface area contributed by atoms with E-state index in [1.807, 2.05) is 0 Å². The molecule has 0 bridgehead atoms. The highest BCUT2D eigenvalue weighted by molar-refractivity contribution is 5.84. The van der Waals surface area contributed by atoms with E-state index in [1.54, 1.807) is 0 Å². The Hall–Kier alpha value is -1.30. The molecule has 0 aliphatic carbocycles. The third-order valence-corrected chi connectivity index (χ3v) is 2.42. The van der Waals surface area contributed by atoms with Crippen LogP contribution in [0.2, 0.25) is 0 Å². The zero-order chi connectivity index (χ0) is 11.3. The van der Waals surface area contributed by atoms with Gasteiger partial charge in [0.15, 0.2) is 0 Å². The number of piperidine rings is 1. The summed E-state index contributed by atoms with van der Waals surface area (Å²) in [5, 5.41) is 16.6. The zero-order valence-electron chi connectivity index (χ0n) is 8.75. The predicted octanol–water partition coefficient (Wildman–Crippen LogP) is -0.489. The van der Waals surface area contributed by atoms with E-state index in [1.165, 1.54) is 6.92 Å². The van der Waals surface area contributed by atoms with Gasteiger partial charge in [0.25, 0.3) is 0 Å². The Bertz CT molecular complexity index is 239. The van der Waals surface area contributed by atoms with Crippen molar-refractivity contribution in [1.29, 1.82) is 0 Å². The summed E-state index contributed by atoms with van der Waals surface area (Å²) in [6.07, 6.45) is 0.611. The molecule has 0 aromatic heterocycles. The van der Waals surface area contributed by atoms with Crippen LogP contribution in [0.15, 0.2) is 0 Å². The summed E-state index contributed by atoms with van der Waals surface area (Å²) in [4.78, 5) is 21.8. The van der Waals surface area contributed by atoms with Crippen LogP contribution >= 0.6 is 0 Å². The number of hydrogen-bond donors (Lipinski definition) is 4. The number of carboxylic acid groups (broad SMARTS) is 1. The average Bonchev–Trinajstić information content (AvgIpc) is 2.18. The lowest BCUT2D eigenvalue weighted by Gasteiger charge is -2.25. The van der Waals surface area contributed by atoms with Gasteiger partial charge in [0.2, 0.25) is 5.91 Å². The number of rotatable bonds is 3. The third-order valence-electron chi connectivity index (χ3n) is 2.42.